The minimum absolute atomic E-state index is 0.173. The van der Waals surface area contributed by atoms with Crippen LogP contribution in [-0.2, 0) is 16.6 Å². The lowest BCUT2D eigenvalue weighted by Crippen LogP contribution is -2.32. The maximum Gasteiger partial charge on any atom is 0.254 e. The molecule has 0 aromatic heterocycles. The maximum atomic E-state index is 13.4. The van der Waals surface area contributed by atoms with Crippen LogP contribution in [0.1, 0.15) is 56.0 Å². The summed E-state index contributed by atoms with van der Waals surface area (Å²) in [4.78, 5) is 15.3. The van der Waals surface area contributed by atoms with E-state index in [2.05, 4.69) is 0 Å². The highest BCUT2D eigenvalue weighted by Gasteiger charge is 2.28. The van der Waals surface area contributed by atoms with Gasteiger partial charge in [-0.05, 0) is 69.0 Å². The Morgan fingerprint density at radius 2 is 1.67 bits per heavy atom. The first-order valence-corrected chi connectivity index (χ1v) is 13.1. The number of hydrogen-bond acceptors (Lipinski definition) is 5. The molecule has 1 amide bonds. The van der Waals surface area contributed by atoms with Gasteiger partial charge in [-0.3, -0.25) is 4.79 Å². The van der Waals surface area contributed by atoms with E-state index in [9.17, 15) is 13.2 Å². The molecule has 2 aromatic rings. The zero-order valence-corrected chi connectivity index (χ0v) is 20.6. The molecule has 0 atom stereocenters. The van der Waals surface area contributed by atoms with E-state index in [1.165, 1.54) is 10.4 Å². The van der Waals surface area contributed by atoms with Gasteiger partial charge in [0.25, 0.3) is 5.91 Å². The van der Waals surface area contributed by atoms with E-state index in [0.29, 0.717) is 56.5 Å². The number of ether oxygens (including phenoxy) is 2. The standard InChI is InChI=1S/C25H34N2O5S/c1-4-14-26(19-20-12-13-23(31-5-2)24(17-20)32-6-3)25(28)21-10-9-11-22(18-21)33(29,30)27-15-7-8-16-27/h9-13,17-18H,4-8,14-16,19H2,1-3H3. The summed E-state index contributed by atoms with van der Waals surface area (Å²) in [5.41, 5.74) is 1.30. The van der Waals surface area contributed by atoms with Crippen LogP contribution in [0.25, 0.3) is 0 Å². The molecule has 33 heavy (non-hydrogen) atoms. The Bertz CT molecular complexity index is 1050. The van der Waals surface area contributed by atoms with Gasteiger partial charge in [-0.15, -0.1) is 0 Å². The fourth-order valence-electron chi connectivity index (χ4n) is 3.99. The number of amides is 1. The van der Waals surface area contributed by atoms with Crippen LogP contribution in [0.15, 0.2) is 47.4 Å². The molecule has 1 fully saturated rings. The number of carbonyl (C=O) groups is 1. The SMILES string of the molecule is CCCN(Cc1ccc(OCC)c(OCC)c1)C(=O)c1cccc(S(=O)(=O)N2CCCC2)c1. The Balaban J connectivity index is 1.84. The number of benzene rings is 2. The number of carbonyl (C=O) groups excluding carboxylic acids is 1. The summed E-state index contributed by atoms with van der Waals surface area (Å²) in [6, 6.07) is 12.1. The minimum Gasteiger partial charge on any atom is -0.490 e. The summed E-state index contributed by atoms with van der Waals surface area (Å²) >= 11 is 0. The van der Waals surface area contributed by atoms with E-state index in [1.807, 2.05) is 39.0 Å². The maximum absolute atomic E-state index is 13.4. The molecule has 180 valence electrons. The quantitative estimate of drug-likeness (QED) is 0.485. The third-order valence-electron chi connectivity index (χ3n) is 5.55. The van der Waals surface area contributed by atoms with Crippen molar-refractivity contribution in [3.63, 3.8) is 0 Å². The van der Waals surface area contributed by atoms with E-state index in [-0.39, 0.29) is 10.8 Å². The Labute approximate surface area is 197 Å². The second kappa shape index (κ2) is 11.5. The van der Waals surface area contributed by atoms with Gasteiger partial charge in [0.1, 0.15) is 0 Å². The lowest BCUT2D eigenvalue weighted by Gasteiger charge is -2.23. The third-order valence-corrected chi connectivity index (χ3v) is 7.44. The van der Waals surface area contributed by atoms with Crippen molar-refractivity contribution in [2.45, 2.75) is 51.5 Å². The summed E-state index contributed by atoms with van der Waals surface area (Å²) in [5.74, 6) is 1.14. The van der Waals surface area contributed by atoms with Gasteiger partial charge in [0.2, 0.25) is 10.0 Å². The zero-order chi connectivity index (χ0) is 23.8. The largest absolute Gasteiger partial charge is 0.490 e. The number of nitrogens with zero attached hydrogens (tertiary/aromatic N) is 2. The van der Waals surface area contributed by atoms with Crippen LogP contribution in [0.4, 0.5) is 0 Å². The lowest BCUT2D eigenvalue weighted by atomic mass is 10.1. The van der Waals surface area contributed by atoms with Gasteiger partial charge in [-0.25, -0.2) is 8.42 Å². The van der Waals surface area contributed by atoms with Gasteiger partial charge in [-0.2, -0.15) is 4.31 Å². The van der Waals surface area contributed by atoms with E-state index in [1.54, 1.807) is 23.1 Å². The predicted molar refractivity (Wildman–Crippen MR) is 128 cm³/mol. The number of sulfonamides is 1. The highest BCUT2D eigenvalue weighted by Crippen LogP contribution is 2.29. The van der Waals surface area contributed by atoms with E-state index < -0.39 is 10.0 Å². The van der Waals surface area contributed by atoms with Crippen molar-refractivity contribution in [2.75, 3.05) is 32.8 Å². The minimum atomic E-state index is -3.58. The van der Waals surface area contributed by atoms with Crippen LogP contribution >= 0.6 is 0 Å². The van der Waals surface area contributed by atoms with Crippen molar-refractivity contribution in [3.05, 3.63) is 53.6 Å². The molecule has 0 N–H and O–H groups in total. The molecule has 1 aliphatic rings. The van der Waals surface area contributed by atoms with Gasteiger partial charge in [0.05, 0.1) is 18.1 Å². The van der Waals surface area contributed by atoms with Crippen molar-refractivity contribution < 1.29 is 22.7 Å². The molecule has 1 saturated heterocycles. The van der Waals surface area contributed by atoms with Crippen LogP contribution in [0, 0.1) is 0 Å². The van der Waals surface area contributed by atoms with Crippen LogP contribution in [0.2, 0.25) is 0 Å². The molecule has 8 heteroatoms. The first kappa shape index (κ1) is 25.1. The molecule has 7 nitrogen and oxygen atoms in total. The average Bonchev–Trinajstić information content (AvgIpc) is 3.36. The molecule has 0 bridgehead atoms. The average molecular weight is 475 g/mol. The number of hydrogen-bond donors (Lipinski definition) is 0. The molecule has 0 spiro atoms. The lowest BCUT2D eigenvalue weighted by molar-refractivity contribution is 0.0742. The van der Waals surface area contributed by atoms with Crippen LogP contribution in [-0.4, -0.2) is 56.4 Å². The van der Waals surface area contributed by atoms with Gasteiger partial charge >= 0.3 is 0 Å². The van der Waals surface area contributed by atoms with E-state index in [4.69, 9.17) is 9.47 Å². The van der Waals surface area contributed by atoms with Crippen molar-refractivity contribution in [2.24, 2.45) is 0 Å². The topological polar surface area (TPSA) is 76.1 Å². The van der Waals surface area contributed by atoms with Gasteiger partial charge < -0.3 is 14.4 Å². The summed E-state index contributed by atoms with van der Waals surface area (Å²) in [5, 5.41) is 0. The van der Waals surface area contributed by atoms with Crippen molar-refractivity contribution in [1.29, 1.82) is 0 Å². The Morgan fingerprint density at radius 3 is 2.33 bits per heavy atom. The smallest absolute Gasteiger partial charge is 0.254 e. The fourth-order valence-corrected chi connectivity index (χ4v) is 5.55. The summed E-state index contributed by atoms with van der Waals surface area (Å²) in [6.07, 6.45) is 2.52. The normalized spacial score (nSPS) is 14.3. The molecule has 1 aliphatic heterocycles. The summed E-state index contributed by atoms with van der Waals surface area (Å²) in [6.45, 7) is 8.91. The second-order valence-corrected chi connectivity index (χ2v) is 9.95. The molecule has 3 rings (SSSR count). The van der Waals surface area contributed by atoms with E-state index >= 15 is 0 Å². The first-order valence-electron chi connectivity index (χ1n) is 11.7. The highest BCUT2D eigenvalue weighted by molar-refractivity contribution is 7.89. The van der Waals surface area contributed by atoms with Crippen LogP contribution < -0.4 is 9.47 Å². The van der Waals surface area contributed by atoms with Gasteiger partial charge in [-0.1, -0.05) is 19.1 Å². The number of rotatable bonds is 11. The molecule has 0 aliphatic carbocycles. The van der Waals surface area contributed by atoms with Crippen molar-refractivity contribution in [1.82, 2.24) is 9.21 Å². The highest BCUT2D eigenvalue weighted by atomic mass is 32.2. The first-order chi connectivity index (χ1) is 15.9. The zero-order valence-electron chi connectivity index (χ0n) is 19.7. The third kappa shape index (κ3) is 6.06. The molecular formula is C25H34N2O5S. The predicted octanol–water partition coefficient (Wildman–Crippen LogP) is 4.32. The molecular weight excluding hydrogens is 440 g/mol. The molecule has 0 radical (unpaired) electrons. The van der Waals surface area contributed by atoms with Crippen LogP contribution in [0.5, 0.6) is 11.5 Å². The Morgan fingerprint density at radius 1 is 0.970 bits per heavy atom. The summed E-state index contributed by atoms with van der Waals surface area (Å²) in [7, 11) is -3.58. The van der Waals surface area contributed by atoms with Crippen molar-refractivity contribution in [3.8, 4) is 11.5 Å². The molecule has 0 saturated carbocycles. The Hall–Kier alpha value is -2.58. The Kier molecular flexibility index (Phi) is 8.74. The fraction of sp³-hybridized carbons (Fsp3) is 0.480. The van der Waals surface area contributed by atoms with E-state index in [0.717, 1.165) is 24.8 Å². The molecule has 2 aromatic carbocycles. The van der Waals surface area contributed by atoms with Crippen molar-refractivity contribution >= 4 is 15.9 Å². The van der Waals surface area contributed by atoms with Gasteiger partial charge in [0, 0.05) is 31.7 Å². The van der Waals surface area contributed by atoms with Gasteiger partial charge in [0.15, 0.2) is 11.5 Å². The molecule has 0 unspecified atom stereocenters. The second-order valence-electron chi connectivity index (χ2n) is 8.01. The monoisotopic (exact) mass is 474 g/mol. The van der Waals surface area contributed by atoms with Crippen LogP contribution in [0.3, 0.4) is 0 Å². The molecule has 1 heterocycles. The summed E-state index contributed by atoms with van der Waals surface area (Å²) < 4.78 is 38.8.